The van der Waals surface area contributed by atoms with Crippen LogP contribution in [0.2, 0.25) is 0 Å². The molecule has 1 aliphatic rings. The summed E-state index contributed by atoms with van der Waals surface area (Å²) in [7, 11) is 0. The van der Waals surface area contributed by atoms with Crippen molar-refractivity contribution in [3.05, 3.63) is 16.1 Å². The molecule has 1 unspecified atom stereocenters. The number of rotatable bonds is 3. The standard InChI is InChI=1S/C11H18N2OS/c1-9-3-2-4-13(5-9)6-11-12-10(7-14)8-15-11/h8-9,14H,2-7H2,1H3. The molecule has 2 heterocycles. The Labute approximate surface area is 94.8 Å². The van der Waals surface area contributed by atoms with Gasteiger partial charge in [-0.25, -0.2) is 4.98 Å². The number of aromatic nitrogens is 1. The van der Waals surface area contributed by atoms with Crippen LogP contribution in [0.15, 0.2) is 5.38 Å². The highest BCUT2D eigenvalue weighted by Crippen LogP contribution is 2.19. The molecule has 0 aromatic carbocycles. The predicted molar refractivity (Wildman–Crippen MR) is 61.7 cm³/mol. The third-order valence-corrected chi connectivity index (χ3v) is 3.74. The van der Waals surface area contributed by atoms with E-state index in [-0.39, 0.29) is 6.61 Å². The minimum Gasteiger partial charge on any atom is -0.390 e. The third kappa shape index (κ3) is 3.00. The number of thiazole rings is 1. The van der Waals surface area contributed by atoms with Crippen LogP contribution < -0.4 is 0 Å². The van der Waals surface area contributed by atoms with Crippen molar-refractivity contribution in [1.82, 2.24) is 9.88 Å². The third-order valence-electron chi connectivity index (χ3n) is 2.86. The van der Waals surface area contributed by atoms with Gasteiger partial charge in [-0.1, -0.05) is 6.92 Å². The predicted octanol–water partition coefficient (Wildman–Crippen LogP) is 1.87. The van der Waals surface area contributed by atoms with E-state index in [4.69, 9.17) is 5.11 Å². The zero-order chi connectivity index (χ0) is 10.7. The number of hydrogen-bond acceptors (Lipinski definition) is 4. The fraction of sp³-hybridized carbons (Fsp3) is 0.727. The first-order valence-electron chi connectivity index (χ1n) is 5.54. The van der Waals surface area contributed by atoms with Gasteiger partial charge < -0.3 is 5.11 Å². The van der Waals surface area contributed by atoms with E-state index >= 15 is 0 Å². The quantitative estimate of drug-likeness (QED) is 0.854. The minimum atomic E-state index is 0.0624. The molecule has 1 N–H and O–H groups in total. The molecular formula is C11H18N2OS. The van der Waals surface area contributed by atoms with Crippen molar-refractivity contribution >= 4 is 11.3 Å². The first-order chi connectivity index (χ1) is 7.28. The van der Waals surface area contributed by atoms with Gasteiger partial charge in [-0.3, -0.25) is 4.90 Å². The lowest BCUT2D eigenvalue weighted by Gasteiger charge is -2.29. The van der Waals surface area contributed by atoms with E-state index in [1.165, 1.54) is 25.9 Å². The number of hydrogen-bond donors (Lipinski definition) is 1. The van der Waals surface area contributed by atoms with Crippen molar-refractivity contribution in [3.8, 4) is 0 Å². The number of aliphatic hydroxyl groups excluding tert-OH is 1. The highest BCUT2D eigenvalue weighted by atomic mass is 32.1. The molecule has 84 valence electrons. The first kappa shape index (κ1) is 11.0. The second kappa shape index (κ2) is 5.05. The number of aliphatic hydroxyl groups is 1. The van der Waals surface area contributed by atoms with E-state index in [2.05, 4.69) is 16.8 Å². The lowest BCUT2D eigenvalue weighted by atomic mass is 10.0. The molecule has 15 heavy (non-hydrogen) atoms. The van der Waals surface area contributed by atoms with Gasteiger partial charge in [0.1, 0.15) is 5.01 Å². The van der Waals surface area contributed by atoms with E-state index in [9.17, 15) is 0 Å². The molecule has 0 radical (unpaired) electrons. The lowest BCUT2D eigenvalue weighted by Crippen LogP contribution is -2.33. The van der Waals surface area contributed by atoms with E-state index in [0.29, 0.717) is 0 Å². The maximum absolute atomic E-state index is 8.93. The summed E-state index contributed by atoms with van der Waals surface area (Å²) in [5.74, 6) is 0.816. The van der Waals surface area contributed by atoms with E-state index < -0.39 is 0 Å². The second-order valence-electron chi connectivity index (χ2n) is 4.37. The normalized spacial score (nSPS) is 23.2. The maximum atomic E-state index is 8.93. The molecule has 0 spiro atoms. The monoisotopic (exact) mass is 226 g/mol. The number of piperidine rings is 1. The fourth-order valence-corrected chi connectivity index (χ4v) is 2.94. The molecule has 1 aromatic rings. The Kier molecular flexibility index (Phi) is 3.72. The van der Waals surface area contributed by atoms with Crippen LogP contribution >= 0.6 is 11.3 Å². The van der Waals surface area contributed by atoms with Gasteiger partial charge >= 0.3 is 0 Å². The Bertz CT molecular complexity index is 313. The van der Waals surface area contributed by atoms with Gasteiger partial charge in [0.15, 0.2) is 0 Å². The van der Waals surface area contributed by atoms with Crippen molar-refractivity contribution in [1.29, 1.82) is 0 Å². The summed E-state index contributed by atoms with van der Waals surface area (Å²) in [5, 5.41) is 12.0. The van der Waals surface area contributed by atoms with Crippen molar-refractivity contribution in [3.63, 3.8) is 0 Å². The van der Waals surface area contributed by atoms with Crippen LogP contribution in [0.1, 0.15) is 30.5 Å². The Hall–Kier alpha value is -0.450. The Balaban J connectivity index is 1.90. The summed E-state index contributed by atoms with van der Waals surface area (Å²) in [5.41, 5.74) is 0.806. The van der Waals surface area contributed by atoms with Crippen molar-refractivity contribution in [2.75, 3.05) is 13.1 Å². The van der Waals surface area contributed by atoms with Gasteiger partial charge in [-0.2, -0.15) is 0 Å². The highest BCUT2D eigenvalue weighted by Gasteiger charge is 2.17. The van der Waals surface area contributed by atoms with Gasteiger partial charge in [0.25, 0.3) is 0 Å². The van der Waals surface area contributed by atoms with Crippen LogP contribution in [-0.2, 0) is 13.2 Å². The Morgan fingerprint density at radius 2 is 2.53 bits per heavy atom. The lowest BCUT2D eigenvalue weighted by molar-refractivity contribution is 0.176. The van der Waals surface area contributed by atoms with Gasteiger partial charge in [-0.05, 0) is 25.3 Å². The maximum Gasteiger partial charge on any atom is 0.107 e. The summed E-state index contributed by atoms with van der Waals surface area (Å²) < 4.78 is 0. The van der Waals surface area contributed by atoms with Crippen molar-refractivity contribution in [2.45, 2.75) is 32.9 Å². The van der Waals surface area contributed by atoms with Crippen LogP contribution in [0.4, 0.5) is 0 Å². The van der Waals surface area contributed by atoms with E-state index in [1.807, 2.05) is 5.38 Å². The largest absolute Gasteiger partial charge is 0.390 e. The Morgan fingerprint density at radius 3 is 3.20 bits per heavy atom. The molecule has 2 rings (SSSR count). The molecule has 1 saturated heterocycles. The molecule has 1 aromatic heterocycles. The number of nitrogens with zero attached hydrogens (tertiary/aromatic N) is 2. The number of likely N-dealkylation sites (tertiary alicyclic amines) is 1. The van der Waals surface area contributed by atoms with Crippen molar-refractivity contribution < 1.29 is 5.11 Å². The van der Waals surface area contributed by atoms with Gasteiger partial charge in [0.05, 0.1) is 18.8 Å². The average Bonchev–Trinajstić information content (AvgIpc) is 2.65. The van der Waals surface area contributed by atoms with Gasteiger partial charge in [-0.15, -0.1) is 11.3 Å². The average molecular weight is 226 g/mol. The summed E-state index contributed by atoms with van der Waals surface area (Å²) in [6.07, 6.45) is 2.66. The zero-order valence-corrected chi connectivity index (χ0v) is 9.96. The highest BCUT2D eigenvalue weighted by molar-refractivity contribution is 7.09. The molecule has 0 saturated carbocycles. The molecule has 1 atom stereocenters. The molecule has 1 aliphatic heterocycles. The summed E-state index contributed by atoms with van der Waals surface area (Å²) in [6.45, 7) is 5.71. The molecule has 0 bridgehead atoms. The second-order valence-corrected chi connectivity index (χ2v) is 5.32. The molecule has 4 heteroatoms. The minimum absolute atomic E-state index is 0.0624. The SMILES string of the molecule is CC1CCCN(Cc2nc(CO)cs2)C1. The van der Waals surface area contributed by atoms with Crippen LogP contribution in [0.5, 0.6) is 0 Å². The van der Waals surface area contributed by atoms with Crippen LogP contribution in [0, 0.1) is 5.92 Å². The molecule has 0 aliphatic carbocycles. The van der Waals surface area contributed by atoms with Crippen LogP contribution in [0.25, 0.3) is 0 Å². The van der Waals surface area contributed by atoms with Crippen LogP contribution in [0.3, 0.4) is 0 Å². The van der Waals surface area contributed by atoms with Gasteiger partial charge in [0, 0.05) is 11.9 Å². The van der Waals surface area contributed by atoms with Gasteiger partial charge in [0.2, 0.25) is 0 Å². The molecule has 3 nitrogen and oxygen atoms in total. The zero-order valence-electron chi connectivity index (χ0n) is 9.15. The first-order valence-corrected chi connectivity index (χ1v) is 6.42. The van der Waals surface area contributed by atoms with Crippen molar-refractivity contribution in [2.24, 2.45) is 5.92 Å². The summed E-state index contributed by atoms with van der Waals surface area (Å²) >= 11 is 1.66. The molecule has 1 fully saturated rings. The van der Waals surface area contributed by atoms with E-state index in [0.717, 1.165) is 23.2 Å². The fourth-order valence-electron chi connectivity index (χ4n) is 2.12. The molecule has 0 amide bonds. The Morgan fingerprint density at radius 1 is 1.67 bits per heavy atom. The van der Waals surface area contributed by atoms with E-state index in [1.54, 1.807) is 11.3 Å². The van der Waals surface area contributed by atoms with Crippen LogP contribution in [-0.4, -0.2) is 28.1 Å². The summed E-state index contributed by atoms with van der Waals surface area (Å²) in [6, 6.07) is 0. The molecular weight excluding hydrogens is 208 g/mol. The topological polar surface area (TPSA) is 36.4 Å². The smallest absolute Gasteiger partial charge is 0.107 e. The summed E-state index contributed by atoms with van der Waals surface area (Å²) in [4.78, 5) is 6.84.